The van der Waals surface area contributed by atoms with Crippen LogP contribution in [0.3, 0.4) is 0 Å². The van der Waals surface area contributed by atoms with Crippen molar-refractivity contribution in [1.29, 1.82) is 0 Å². The van der Waals surface area contributed by atoms with Crippen molar-refractivity contribution >= 4 is 34.5 Å². The van der Waals surface area contributed by atoms with Gasteiger partial charge in [0.25, 0.3) is 11.8 Å². The summed E-state index contributed by atoms with van der Waals surface area (Å²) in [7, 11) is 0. The molecule has 1 aliphatic heterocycles. The second-order valence-electron chi connectivity index (χ2n) is 6.57. The van der Waals surface area contributed by atoms with Crippen molar-refractivity contribution in [3.8, 4) is 0 Å². The summed E-state index contributed by atoms with van der Waals surface area (Å²) < 4.78 is 0. The Hall–Kier alpha value is -2.03. The minimum absolute atomic E-state index is 0.0152. The van der Waals surface area contributed by atoms with E-state index in [0.717, 1.165) is 27.9 Å². The molecule has 1 aromatic heterocycles. The third-order valence-electron chi connectivity index (χ3n) is 4.73. The Labute approximate surface area is 156 Å². The number of fused-ring (bicyclic) bond motifs is 3. The van der Waals surface area contributed by atoms with Gasteiger partial charge in [0, 0.05) is 22.6 Å². The van der Waals surface area contributed by atoms with Gasteiger partial charge in [0.2, 0.25) is 0 Å². The number of amides is 2. The Balaban J connectivity index is 1.64. The minimum Gasteiger partial charge on any atom is -0.357 e. The Morgan fingerprint density at radius 3 is 2.88 bits per heavy atom. The number of thioether (sulfide) groups is 1. The number of nitrogens with two attached hydrogens (primary N) is 1. The quantitative estimate of drug-likeness (QED) is 0.500. The number of aromatic amines is 1. The van der Waals surface area contributed by atoms with E-state index in [1.54, 1.807) is 11.8 Å². The second kappa shape index (κ2) is 8.11. The van der Waals surface area contributed by atoms with Gasteiger partial charge in [-0.05, 0) is 43.4 Å². The van der Waals surface area contributed by atoms with Gasteiger partial charge in [0.15, 0.2) is 0 Å². The number of carbonyl (C=O) groups excluding carboxylic acids is 2. The van der Waals surface area contributed by atoms with Gasteiger partial charge in [-0.3, -0.25) is 25.8 Å². The first-order valence-electron chi connectivity index (χ1n) is 8.71. The van der Waals surface area contributed by atoms with Crippen molar-refractivity contribution in [1.82, 2.24) is 21.2 Å². The number of hydrogen-bond donors (Lipinski definition) is 5. The van der Waals surface area contributed by atoms with Gasteiger partial charge < -0.3 is 10.7 Å². The highest BCUT2D eigenvalue weighted by atomic mass is 32.2. The molecule has 0 unspecified atom stereocenters. The summed E-state index contributed by atoms with van der Waals surface area (Å²) in [5, 5.41) is 4.43. The lowest BCUT2D eigenvalue weighted by Crippen LogP contribution is -2.56. The number of H-pyrrole nitrogens is 1. The van der Waals surface area contributed by atoms with Crippen molar-refractivity contribution in [2.45, 2.75) is 37.9 Å². The molecule has 0 spiro atoms. The summed E-state index contributed by atoms with van der Waals surface area (Å²) in [4.78, 5) is 27.9. The Morgan fingerprint density at radius 2 is 2.12 bits per heavy atom. The molecule has 0 fully saturated rings. The first-order chi connectivity index (χ1) is 12.5. The van der Waals surface area contributed by atoms with Crippen LogP contribution in [0.15, 0.2) is 24.3 Å². The third-order valence-corrected chi connectivity index (χ3v) is 5.38. The number of nitrogens with one attached hydrogen (secondary N) is 4. The van der Waals surface area contributed by atoms with Gasteiger partial charge in [0.05, 0.1) is 12.1 Å². The van der Waals surface area contributed by atoms with Crippen LogP contribution < -0.4 is 21.9 Å². The highest BCUT2D eigenvalue weighted by molar-refractivity contribution is 7.98. The number of benzene rings is 1. The fourth-order valence-corrected chi connectivity index (χ4v) is 3.80. The van der Waals surface area contributed by atoms with E-state index in [4.69, 9.17) is 5.73 Å². The van der Waals surface area contributed by atoms with Crippen LogP contribution in [-0.2, 0) is 16.0 Å². The molecule has 0 bridgehead atoms. The van der Waals surface area contributed by atoms with Crippen molar-refractivity contribution in [3.63, 3.8) is 0 Å². The molecule has 2 amide bonds. The van der Waals surface area contributed by atoms with E-state index >= 15 is 0 Å². The monoisotopic (exact) mass is 375 g/mol. The molecular weight excluding hydrogens is 350 g/mol. The number of aromatic nitrogens is 1. The maximum atomic E-state index is 12.5. The normalized spacial score (nSPS) is 20.4. The van der Waals surface area contributed by atoms with Gasteiger partial charge in [0.1, 0.15) is 0 Å². The first-order valence-corrected chi connectivity index (χ1v) is 10.1. The molecule has 0 aliphatic carbocycles. The first kappa shape index (κ1) is 18.8. The fraction of sp³-hybridized carbons (Fsp3) is 0.444. The Kier molecular flexibility index (Phi) is 5.85. The predicted octanol–water partition coefficient (Wildman–Crippen LogP) is 0.971. The summed E-state index contributed by atoms with van der Waals surface area (Å²) in [6.45, 7) is 2.02. The van der Waals surface area contributed by atoms with E-state index in [-0.39, 0.29) is 17.9 Å². The van der Waals surface area contributed by atoms with Gasteiger partial charge in [-0.1, -0.05) is 18.2 Å². The molecule has 6 N–H and O–H groups in total. The number of para-hydroxylation sites is 1. The molecule has 2 aromatic rings. The molecule has 2 heterocycles. The molecule has 0 saturated heterocycles. The average Bonchev–Trinajstić information content (AvgIpc) is 3.03. The summed E-state index contributed by atoms with van der Waals surface area (Å²) in [6.07, 6.45) is 3.09. The number of rotatable bonds is 5. The van der Waals surface area contributed by atoms with Crippen LogP contribution in [0.1, 0.15) is 30.6 Å². The molecule has 26 heavy (non-hydrogen) atoms. The number of hydrazine groups is 1. The van der Waals surface area contributed by atoms with Crippen LogP contribution in [0.2, 0.25) is 0 Å². The maximum absolute atomic E-state index is 12.5. The molecule has 0 radical (unpaired) electrons. The van der Waals surface area contributed by atoms with Crippen LogP contribution in [0.25, 0.3) is 10.9 Å². The lowest BCUT2D eigenvalue weighted by atomic mass is 9.94. The lowest BCUT2D eigenvalue weighted by Gasteiger charge is -2.28. The van der Waals surface area contributed by atoms with Crippen LogP contribution in [-0.4, -0.2) is 40.9 Å². The van der Waals surface area contributed by atoms with Crippen molar-refractivity contribution < 1.29 is 9.59 Å². The fourth-order valence-electron chi connectivity index (χ4n) is 3.31. The summed E-state index contributed by atoms with van der Waals surface area (Å²) in [5.74, 6) is 0.162. The zero-order valence-corrected chi connectivity index (χ0v) is 15.8. The summed E-state index contributed by atoms with van der Waals surface area (Å²) in [5.41, 5.74) is 14.1. The van der Waals surface area contributed by atoms with E-state index < -0.39 is 12.1 Å². The lowest BCUT2D eigenvalue weighted by molar-refractivity contribution is -0.130. The third kappa shape index (κ3) is 3.87. The van der Waals surface area contributed by atoms with Crippen LogP contribution in [0, 0.1) is 0 Å². The molecule has 8 heteroatoms. The number of carbonyl (C=O) groups is 2. The molecule has 3 atom stereocenters. The topological polar surface area (TPSA) is 112 Å². The molecule has 140 valence electrons. The highest BCUT2D eigenvalue weighted by Crippen LogP contribution is 2.31. The summed E-state index contributed by atoms with van der Waals surface area (Å²) >= 11 is 1.63. The Morgan fingerprint density at radius 1 is 1.35 bits per heavy atom. The minimum atomic E-state index is -0.624. The second-order valence-corrected chi connectivity index (χ2v) is 7.56. The number of hydrogen-bond acceptors (Lipinski definition) is 5. The zero-order chi connectivity index (χ0) is 18.7. The Bertz CT molecular complexity index is 806. The SMILES string of the molecule is CSCC[C@@H](N)C(=O)NNC(=O)[C@@H]1Cc2c([nH]c3ccccc23)[C@H](C)N1. The molecule has 0 saturated carbocycles. The zero-order valence-electron chi connectivity index (χ0n) is 15.0. The van der Waals surface area contributed by atoms with Crippen LogP contribution in [0.4, 0.5) is 0 Å². The molecule has 3 rings (SSSR count). The molecule has 7 nitrogen and oxygen atoms in total. The van der Waals surface area contributed by atoms with Crippen molar-refractivity contribution in [2.24, 2.45) is 5.73 Å². The smallest absolute Gasteiger partial charge is 0.255 e. The standard InChI is InChI=1S/C18H25N5O2S/c1-10-16-12(11-5-3-4-6-14(11)21-16)9-15(20-10)18(25)23-22-17(24)13(19)7-8-26-2/h3-6,10,13,15,20-21H,7-9,19H2,1-2H3,(H,22,24)(H,23,25)/t10-,13+,15-/m0/s1. The molecular formula is C18H25N5O2S. The van der Waals surface area contributed by atoms with E-state index in [0.29, 0.717) is 12.8 Å². The maximum Gasteiger partial charge on any atom is 0.255 e. The molecule has 1 aliphatic rings. The van der Waals surface area contributed by atoms with E-state index in [1.807, 2.05) is 31.4 Å². The van der Waals surface area contributed by atoms with Gasteiger partial charge >= 0.3 is 0 Å². The van der Waals surface area contributed by atoms with Crippen LogP contribution in [0.5, 0.6) is 0 Å². The molecule has 1 aromatic carbocycles. The van der Waals surface area contributed by atoms with Crippen molar-refractivity contribution in [3.05, 3.63) is 35.5 Å². The van der Waals surface area contributed by atoms with Crippen molar-refractivity contribution in [2.75, 3.05) is 12.0 Å². The van der Waals surface area contributed by atoms with Gasteiger partial charge in [-0.15, -0.1) is 0 Å². The van der Waals surface area contributed by atoms with E-state index in [2.05, 4.69) is 27.2 Å². The largest absolute Gasteiger partial charge is 0.357 e. The summed E-state index contributed by atoms with van der Waals surface area (Å²) in [6, 6.07) is 7.05. The predicted molar refractivity (Wildman–Crippen MR) is 105 cm³/mol. The highest BCUT2D eigenvalue weighted by Gasteiger charge is 2.31. The van der Waals surface area contributed by atoms with Gasteiger partial charge in [-0.25, -0.2) is 0 Å². The van der Waals surface area contributed by atoms with Crippen LogP contribution >= 0.6 is 11.8 Å². The van der Waals surface area contributed by atoms with E-state index in [9.17, 15) is 9.59 Å². The van der Waals surface area contributed by atoms with E-state index in [1.165, 1.54) is 0 Å². The van der Waals surface area contributed by atoms with Gasteiger partial charge in [-0.2, -0.15) is 11.8 Å². The average molecular weight is 375 g/mol.